The number of aromatic nitrogens is 1. The van der Waals surface area contributed by atoms with E-state index in [9.17, 15) is 23.1 Å². The van der Waals surface area contributed by atoms with E-state index in [-0.39, 0.29) is 51.1 Å². The van der Waals surface area contributed by atoms with Gasteiger partial charge < -0.3 is 14.8 Å². The van der Waals surface area contributed by atoms with Crippen LogP contribution in [-0.2, 0) is 10.0 Å². The summed E-state index contributed by atoms with van der Waals surface area (Å²) >= 11 is 6.55. The highest BCUT2D eigenvalue weighted by molar-refractivity contribution is 7.89. The summed E-state index contributed by atoms with van der Waals surface area (Å²) in [5.41, 5.74) is -0.788. The number of nitrogens with zero attached hydrogens (tertiary/aromatic N) is 1. The number of fused-ring (bicyclic) bond motifs is 1. The predicted molar refractivity (Wildman–Crippen MR) is 116 cm³/mol. The molecular formula is C21H18ClFN2O6S. The molecule has 0 amide bonds. The van der Waals surface area contributed by atoms with Gasteiger partial charge in [-0.2, -0.15) is 0 Å². The Kier molecular flexibility index (Phi) is 5.80. The molecular weight excluding hydrogens is 463 g/mol. The number of hydrogen-bond acceptors (Lipinski definition) is 5. The minimum absolute atomic E-state index is 0.0247. The molecule has 0 atom stereocenters. The van der Waals surface area contributed by atoms with Crippen molar-refractivity contribution < 1.29 is 27.8 Å². The van der Waals surface area contributed by atoms with Gasteiger partial charge in [0.1, 0.15) is 11.4 Å². The van der Waals surface area contributed by atoms with Gasteiger partial charge in [0.25, 0.3) is 0 Å². The standard InChI is InChI=1S/C21H18ClFN2O6S/c22-18-17(11-1-5-13(6-2-11)32(30,31)24-7-8-26)16(23)9-14-19(18)25(12-3-4-12)10-15(20(14)27)21(28)29/h1-2,5-6,9-10,12,24,26H,3-4,7-8H2,(H,28,29). The third-order valence-corrected chi connectivity index (χ3v) is 7.08. The fourth-order valence-electron chi connectivity index (χ4n) is 3.56. The van der Waals surface area contributed by atoms with Crippen molar-refractivity contribution in [1.82, 2.24) is 9.29 Å². The van der Waals surface area contributed by atoms with Crippen molar-refractivity contribution in [3.05, 3.63) is 63.2 Å². The number of aromatic carboxylic acids is 1. The van der Waals surface area contributed by atoms with Crippen LogP contribution in [0.5, 0.6) is 0 Å². The van der Waals surface area contributed by atoms with E-state index in [4.69, 9.17) is 16.7 Å². The second-order valence-electron chi connectivity index (χ2n) is 7.40. The van der Waals surface area contributed by atoms with Crippen LogP contribution in [0.4, 0.5) is 4.39 Å². The number of aliphatic hydroxyl groups is 1. The van der Waals surface area contributed by atoms with Crippen LogP contribution < -0.4 is 10.2 Å². The van der Waals surface area contributed by atoms with Crippen LogP contribution in [0.25, 0.3) is 22.0 Å². The Morgan fingerprint density at radius 2 is 1.91 bits per heavy atom. The molecule has 168 valence electrons. The van der Waals surface area contributed by atoms with Gasteiger partial charge in [-0.3, -0.25) is 4.79 Å². The highest BCUT2D eigenvalue weighted by Gasteiger charge is 2.29. The number of halogens is 2. The van der Waals surface area contributed by atoms with Crippen molar-refractivity contribution in [3.63, 3.8) is 0 Å². The quantitative estimate of drug-likeness (QED) is 0.477. The topological polar surface area (TPSA) is 126 Å². The Labute approximate surface area is 186 Å². The molecule has 1 aliphatic carbocycles. The maximum atomic E-state index is 15.1. The van der Waals surface area contributed by atoms with E-state index in [1.807, 2.05) is 0 Å². The molecule has 0 aliphatic heterocycles. The SMILES string of the molecule is O=C(O)c1cn(C2CC2)c2c(Cl)c(-c3ccc(S(=O)(=O)NCCO)cc3)c(F)cc2c1=O. The van der Waals surface area contributed by atoms with E-state index in [1.54, 1.807) is 4.57 Å². The molecule has 1 heterocycles. The van der Waals surface area contributed by atoms with Crippen molar-refractivity contribution in [3.8, 4) is 11.1 Å². The number of rotatable bonds is 7. The summed E-state index contributed by atoms with van der Waals surface area (Å²) < 4.78 is 43.3. The number of carbonyl (C=O) groups is 1. The molecule has 1 aromatic heterocycles. The van der Waals surface area contributed by atoms with Gasteiger partial charge >= 0.3 is 5.97 Å². The first-order valence-electron chi connectivity index (χ1n) is 9.67. The molecule has 32 heavy (non-hydrogen) atoms. The molecule has 11 heteroatoms. The monoisotopic (exact) mass is 480 g/mol. The average molecular weight is 481 g/mol. The Morgan fingerprint density at radius 1 is 1.25 bits per heavy atom. The summed E-state index contributed by atoms with van der Waals surface area (Å²) in [5, 5.41) is 18.0. The number of aliphatic hydroxyl groups excluding tert-OH is 1. The van der Waals surface area contributed by atoms with Gasteiger partial charge in [-0.05, 0) is 36.6 Å². The molecule has 2 aromatic carbocycles. The largest absolute Gasteiger partial charge is 0.477 e. The second-order valence-corrected chi connectivity index (χ2v) is 9.55. The number of carboxylic acid groups (broad SMARTS) is 1. The highest BCUT2D eigenvalue weighted by atomic mass is 35.5. The third kappa shape index (κ3) is 3.90. The summed E-state index contributed by atoms with van der Waals surface area (Å²) in [6, 6.07) is 6.24. The molecule has 4 rings (SSSR count). The normalized spacial score (nSPS) is 14.1. The van der Waals surface area contributed by atoms with Gasteiger partial charge in [0.05, 0.1) is 27.4 Å². The second kappa shape index (κ2) is 8.28. The predicted octanol–water partition coefficient (Wildman–Crippen LogP) is 2.76. The smallest absolute Gasteiger partial charge is 0.341 e. The fourth-order valence-corrected chi connectivity index (χ4v) is 4.98. The molecule has 3 aromatic rings. The molecule has 8 nitrogen and oxygen atoms in total. The van der Waals surface area contributed by atoms with Crippen LogP contribution in [-0.4, -0.2) is 42.3 Å². The third-order valence-electron chi connectivity index (χ3n) is 5.24. The number of carboxylic acids is 1. The van der Waals surface area contributed by atoms with Crippen molar-refractivity contribution in [2.75, 3.05) is 13.2 Å². The zero-order valence-electron chi connectivity index (χ0n) is 16.5. The van der Waals surface area contributed by atoms with Gasteiger partial charge in [-0.15, -0.1) is 0 Å². The Hall–Kier alpha value is -2.79. The van der Waals surface area contributed by atoms with E-state index in [0.29, 0.717) is 0 Å². The summed E-state index contributed by atoms with van der Waals surface area (Å²) in [6.45, 7) is -0.506. The maximum Gasteiger partial charge on any atom is 0.341 e. The van der Waals surface area contributed by atoms with Crippen LogP contribution in [0.2, 0.25) is 5.02 Å². The first-order valence-corrected chi connectivity index (χ1v) is 11.5. The Morgan fingerprint density at radius 3 is 2.47 bits per heavy atom. The molecule has 3 N–H and O–H groups in total. The van der Waals surface area contributed by atoms with Crippen molar-refractivity contribution in [2.24, 2.45) is 0 Å². The molecule has 0 radical (unpaired) electrons. The number of hydrogen-bond donors (Lipinski definition) is 3. The molecule has 0 unspecified atom stereocenters. The van der Waals surface area contributed by atoms with Gasteiger partial charge in [0.2, 0.25) is 15.5 Å². The molecule has 1 fully saturated rings. The van der Waals surface area contributed by atoms with Gasteiger partial charge in [0.15, 0.2) is 0 Å². The zero-order chi connectivity index (χ0) is 23.2. The lowest BCUT2D eigenvalue weighted by Crippen LogP contribution is -2.26. The van der Waals surface area contributed by atoms with E-state index < -0.39 is 32.8 Å². The number of pyridine rings is 1. The summed E-state index contributed by atoms with van der Waals surface area (Å²) in [7, 11) is -3.84. The van der Waals surface area contributed by atoms with Gasteiger partial charge in [0, 0.05) is 24.3 Å². The first-order chi connectivity index (χ1) is 15.2. The minimum atomic E-state index is -3.84. The minimum Gasteiger partial charge on any atom is -0.477 e. The highest BCUT2D eigenvalue weighted by Crippen LogP contribution is 2.42. The lowest BCUT2D eigenvalue weighted by Gasteiger charge is -2.16. The van der Waals surface area contributed by atoms with Crippen LogP contribution in [0.1, 0.15) is 29.2 Å². The lowest BCUT2D eigenvalue weighted by molar-refractivity contribution is 0.0694. The maximum absolute atomic E-state index is 15.1. The molecule has 1 saturated carbocycles. The van der Waals surface area contributed by atoms with Crippen LogP contribution in [0, 0.1) is 5.82 Å². The van der Waals surface area contributed by atoms with E-state index in [2.05, 4.69) is 4.72 Å². The summed E-state index contributed by atoms with van der Waals surface area (Å²) in [6.07, 6.45) is 2.78. The summed E-state index contributed by atoms with van der Waals surface area (Å²) in [5.74, 6) is -2.24. The molecule has 0 spiro atoms. The first kappa shape index (κ1) is 22.4. The van der Waals surface area contributed by atoms with Gasteiger partial charge in [-0.1, -0.05) is 23.7 Å². The Bertz CT molecular complexity index is 1400. The molecule has 0 saturated heterocycles. The number of sulfonamides is 1. The number of benzene rings is 2. The van der Waals surface area contributed by atoms with E-state index in [1.165, 1.54) is 30.5 Å². The van der Waals surface area contributed by atoms with Crippen molar-refractivity contribution in [1.29, 1.82) is 0 Å². The van der Waals surface area contributed by atoms with Crippen LogP contribution in [0.15, 0.2) is 46.2 Å². The Balaban J connectivity index is 1.89. The molecule has 0 bridgehead atoms. The van der Waals surface area contributed by atoms with E-state index in [0.717, 1.165) is 18.9 Å². The zero-order valence-corrected chi connectivity index (χ0v) is 18.1. The number of nitrogens with one attached hydrogen (secondary N) is 1. The van der Waals surface area contributed by atoms with Crippen LogP contribution >= 0.6 is 11.6 Å². The summed E-state index contributed by atoms with van der Waals surface area (Å²) in [4.78, 5) is 24.1. The fraction of sp³-hybridized carbons (Fsp3) is 0.238. The average Bonchev–Trinajstić information content (AvgIpc) is 3.58. The van der Waals surface area contributed by atoms with Gasteiger partial charge in [-0.25, -0.2) is 22.3 Å². The molecule has 1 aliphatic rings. The van der Waals surface area contributed by atoms with Crippen molar-refractivity contribution in [2.45, 2.75) is 23.8 Å². The lowest BCUT2D eigenvalue weighted by atomic mass is 10.0. The van der Waals surface area contributed by atoms with Crippen LogP contribution in [0.3, 0.4) is 0 Å². The van der Waals surface area contributed by atoms with Crippen molar-refractivity contribution >= 4 is 38.5 Å². The van der Waals surface area contributed by atoms with E-state index >= 15 is 4.39 Å².